The highest BCUT2D eigenvalue weighted by Crippen LogP contribution is 2.35. The van der Waals surface area contributed by atoms with Gasteiger partial charge in [0.1, 0.15) is 11.6 Å². The Morgan fingerprint density at radius 2 is 1.92 bits per heavy atom. The van der Waals surface area contributed by atoms with Gasteiger partial charge in [-0.1, -0.05) is 6.92 Å². The summed E-state index contributed by atoms with van der Waals surface area (Å²) in [6.45, 7) is 1.94. The van der Waals surface area contributed by atoms with Crippen molar-refractivity contribution in [3.63, 3.8) is 0 Å². The molecule has 0 amide bonds. The Balaban J connectivity index is 2.64. The lowest BCUT2D eigenvalue weighted by Gasteiger charge is -2.05. The molecule has 0 saturated carbocycles. The fourth-order valence-corrected chi connectivity index (χ4v) is 1.90. The van der Waals surface area contributed by atoms with Crippen LogP contribution in [-0.4, -0.2) is 0 Å². The summed E-state index contributed by atoms with van der Waals surface area (Å²) in [5.74, 6) is -0.331. The summed E-state index contributed by atoms with van der Waals surface area (Å²) in [6, 6.07) is 2.43. The fourth-order valence-electron chi connectivity index (χ4n) is 1.90. The van der Waals surface area contributed by atoms with E-state index in [0.29, 0.717) is 17.5 Å². The summed E-state index contributed by atoms with van der Waals surface area (Å²) in [5, 5.41) is 0. The molecule has 12 heavy (non-hydrogen) atoms. The maximum Gasteiger partial charge on any atom is 0.127 e. The molecule has 0 N–H and O–H groups in total. The van der Waals surface area contributed by atoms with Crippen molar-refractivity contribution < 1.29 is 8.78 Å². The van der Waals surface area contributed by atoms with Gasteiger partial charge in [0.15, 0.2) is 0 Å². The van der Waals surface area contributed by atoms with Gasteiger partial charge in [-0.2, -0.15) is 0 Å². The maximum atomic E-state index is 13.2. The predicted molar refractivity (Wildman–Crippen MR) is 43.1 cm³/mol. The van der Waals surface area contributed by atoms with E-state index >= 15 is 0 Å². The average molecular weight is 168 g/mol. The SMILES string of the molecule is C[C@H]1CCc2c(F)ccc(F)c21. The van der Waals surface area contributed by atoms with Crippen molar-refractivity contribution in [1.29, 1.82) is 0 Å². The number of fused-ring (bicyclic) bond motifs is 1. The fraction of sp³-hybridized carbons (Fsp3) is 0.400. The third-order valence-electron chi connectivity index (χ3n) is 2.57. The number of hydrogen-bond donors (Lipinski definition) is 0. The van der Waals surface area contributed by atoms with Crippen LogP contribution in [0.2, 0.25) is 0 Å². The Morgan fingerprint density at radius 3 is 2.58 bits per heavy atom. The van der Waals surface area contributed by atoms with Gasteiger partial charge in [-0.3, -0.25) is 0 Å². The molecule has 1 aromatic carbocycles. The van der Waals surface area contributed by atoms with Crippen LogP contribution in [0.4, 0.5) is 8.78 Å². The van der Waals surface area contributed by atoms with Crippen molar-refractivity contribution in [2.24, 2.45) is 0 Å². The molecule has 0 aliphatic heterocycles. The van der Waals surface area contributed by atoms with Crippen LogP contribution in [0.1, 0.15) is 30.4 Å². The molecule has 2 rings (SSSR count). The molecule has 0 aromatic heterocycles. The van der Waals surface area contributed by atoms with E-state index in [1.807, 2.05) is 6.92 Å². The van der Waals surface area contributed by atoms with Crippen molar-refractivity contribution in [2.45, 2.75) is 25.7 Å². The summed E-state index contributed by atoms with van der Waals surface area (Å²) in [5.41, 5.74) is 1.18. The zero-order chi connectivity index (χ0) is 8.72. The normalized spacial score (nSPS) is 21.1. The largest absolute Gasteiger partial charge is 0.207 e. The Labute approximate surface area is 70.2 Å². The number of halogens is 2. The summed E-state index contributed by atoms with van der Waals surface area (Å²) in [6.07, 6.45) is 1.55. The van der Waals surface area contributed by atoms with Crippen LogP contribution >= 0.6 is 0 Å². The molecule has 0 heterocycles. The molecule has 64 valence electrons. The Kier molecular flexibility index (Phi) is 1.63. The van der Waals surface area contributed by atoms with Crippen LogP contribution in [0.5, 0.6) is 0 Å². The quantitative estimate of drug-likeness (QED) is 0.558. The lowest BCUT2D eigenvalue weighted by molar-refractivity contribution is 0.578. The van der Waals surface area contributed by atoms with Crippen molar-refractivity contribution in [3.8, 4) is 0 Å². The minimum atomic E-state index is -0.254. The molecular formula is C10H10F2. The van der Waals surface area contributed by atoms with Gasteiger partial charge < -0.3 is 0 Å². The van der Waals surface area contributed by atoms with Gasteiger partial charge in [-0.05, 0) is 42.0 Å². The molecular weight excluding hydrogens is 158 g/mol. The lowest BCUT2D eigenvalue weighted by atomic mass is 10.0. The third kappa shape index (κ3) is 0.942. The van der Waals surface area contributed by atoms with Crippen LogP contribution < -0.4 is 0 Å². The van der Waals surface area contributed by atoms with E-state index < -0.39 is 0 Å². The molecule has 1 aliphatic rings. The van der Waals surface area contributed by atoms with E-state index in [2.05, 4.69) is 0 Å². The molecule has 2 heteroatoms. The molecule has 0 unspecified atom stereocenters. The van der Waals surface area contributed by atoms with Crippen molar-refractivity contribution in [1.82, 2.24) is 0 Å². The monoisotopic (exact) mass is 168 g/mol. The van der Waals surface area contributed by atoms with E-state index in [9.17, 15) is 8.78 Å². The highest BCUT2D eigenvalue weighted by molar-refractivity contribution is 5.36. The van der Waals surface area contributed by atoms with Crippen LogP contribution in [0.3, 0.4) is 0 Å². The second-order valence-corrected chi connectivity index (χ2v) is 3.36. The van der Waals surface area contributed by atoms with Gasteiger partial charge in [0, 0.05) is 0 Å². The van der Waals surface area contributed by atoms with Gasteiger partial charge in [-0.25, -0.2) is 8.78 Å². The second kappa shape index (κ2) is 2.54. The summed E-state index contributed by atoms with van der Waals surface area (Å²) in [7, 11) is 0. The maximum absolute atomic E-state index is 13.2. The van der Waals surface area contributed by atoms with Crippen LogP contribution in [0, 0.1) is 11.6 Å². The first kappa shape index (κ1) is 7.71. The first-order valence-electron chi connectivity index (χ1n) is 4.17. The summed E-state index contributed by atoms with van der Waals surface area (Å²) >= 11 is 0. The van der Waals surface area contributed by atoms with E-state index in [1.165, 1.54) is 12.1 Å². The van der Waals surface area contributed by atoms with Gasteiger partial charge in [0.2, 0.25) is 0 Å². The minimum Gasteiger partial charge on any atom is -0.207 e. The van der Waals surface area contributed by atoms with Crippen LogP contribution in [0.15, 0.2) is 12.1 Å². The average Bonchev–Trinajstić information content (AvgIpc) is 2.42. The summed E-state index contributed by atoms with van der Waals surface area (Å²) < 4.78 is 26.2. The topological polar surface area (TPSA) is 0 Å². The van der Waals surface area contributed by atoms with E-state index in [1.54, 1.807) is 0 Å². The van der Waals surface area contributed by atoms with Gasteiger partial charge in [0.25, 0.3) is 0 Å². The number of hydrogen-bond acceptors (Lipinski definition) is 0. The van der Waals surface area contributed by atoms with Gasteiger partial charge >= 0.3 is 0 Å². The van der Waals surface area contributed by atoms with E-state index in [0.717, 1.165) is 6.42 Å². The minimum absolute atomic E-state index is 0.177. The summed E-state index contributed by atoms with van der Waals surface area (Å²) in [4.78, 5) is 0. The Bertz CT molecular complexity index is 318. The molecule has 0 bridgehead atoms. The molecule has 1 aromatic rings. The highest BCUT2D eigenvalue weighted by atomic mass is 19.1. The zero-order valence-corrected chi connectivity index (χ0v) is 6.90. The van der Waals surface area contributed by atoms with E-state index in [4.69, 9.17) is 0 Å². The van der Waals surface area contributed by atoms with Crippen molar-refractivity contribution >= 4 is 0 Å². The molecule has 0 saturated heterocycles. The van der Waals surface area contributed by atoms with Crippen molar-refractivity contribution in [3.05, 3.63) is 34.9 Å². The molecule has 1 aliphatic carbocycles. The second-order valence-electron chi connectivity index (χ2n) is 3.36. The van der Waals surface area contributed by atoms with E-state index in [-0.39, 0.29) is 17.6 Å². The van der Waals surface area contributed by atoms with Crippen LogP contribution in [-0.2, 0) is 6.42 Å². The lowest BCUT2D eigenvalue weighted by Crippen LogP contribution is -1.94. The van der Waals surface area contributed by atoms with Crippen molar-refractivity contribution in [2.75, 3.05) is 0 Å². The number of benzene rings is 1. The third-order valence-corrected chi connectivity index (χ3v) is 2.57. The van der Waals surface area contributed by atoms with Gasteiger partial charge in [0.05, 0.1) is 0 Å². The first-order valence-corrected chi connectivity index (χ1v) is 4.17. The Hall–Kier alpha value is -0.920. The standard InChI is InChI=1S/C10H10F2/c1-6-2-3-7-8(11)4-5-9(12)10(6)7/h4-6H,2-3H2,1H3/t6-/m0/s1. The Morgan fingerprint density at radius 1 is 1.25 bits per heavy atom. The molecule has 0 radical (unpaired) electrons. The predicted octanol–water partition coefficient (Wildman–Crippen LogP) is 3.01. The molecule has 1 atom stereocenters. The van der Waals surface area contributed by atoms with Gasteiger partial charge in [-0.15, -0.1) is 0 Å². The molecule has 0 spiro atoms. The smallest absolute Gasteiger partial charge is 0.127 e. The molecule has 0 nitrogen and oxygen atoms in total. The first-order chi connectivity index (χ1) is 5.70. The highest BCUT2D eigenvalue weighted by Gasteiger charge is 2.24. The number of rotatable bonds is 0. The zero-order valence-electron chi connectivity index (χ0n) is 6.90. The van der Waals surface area contributed by atoms with Crippen LogP contribution in [0.25, 0.3) is 0 Å². The molecule has 0 fully saturated rings.